The zero-order chi connectivity index (χ0) is 27.1. The summed E-state index contributed by atoms with van der Waals surface area (Å²) in [5.74, 6) is -4.43. The number of nitrogen functional groups attached to an aromatic ring is 1. The van der Waals surface area contributed by atoms with Crippen LogP contribution in [0.15, 0.2) is 29.2 Å². The predicted molar refractivity (Wildman–Crippen MR) is 145 cm³/mol. The smallest absolute Gasteiger partial charge is 0.351 e. The number of aromatic nitrogens is 2. The lowest BCUT2D eigenvalue weighted by Gasteiger charge is -2.20. The maximum atomic E-state index is 14.5. The molecule has 218 valence electrons. The van der Waals surface area contributed by atoms with E-state index in [9.17, 15) is 23.5 Å². The first-order valence-electron chi connectivity index (χ1n) is 13.6. The summed E-state index contributed by atoms with van der Waals surface area (Å²) in [6.07, 6.45) is 14.8. The van der Waals surface area contributed by atoms with Gasteiger partial charge in [-0.2, -0.15) is 13.8 Å². The summed E-state index contributed by atoms with van der Waals surface area (Å²) < 4.78 is 39.8. The van der Waals surface area contributed by atoms with Crippen molar-refractivity contribution in [1.82, 2.24) is 9.55 Å². The number of hydrogen-bond donors (Lipinski definition) is 2. The standard InChI is InChI=1S/C27H43F2N3O5.ClH/c1-2-3-4-5-6-7-8-9-10-11-12-13-14-15-16-17-23(33)36-20-21-24(34)27(28,29)25(37-21)32-19-18-22(30)31-26(32)35;/h9-10,18-19,21,24-25,34H,2-8,11-17,20H2,1H3,(H2,30,31,35);1H/t21-,24-,25-;/m1./s1. The number of nitrogens with two attached hydrogens (primary N) is 1. The third-order valence-corrected chi connectivity index (χ3v) is 6.53. The number of aliphatic hydroxyl groups excluding tert-OH is 1. The third kappa shape index (κ3) is 11.4. The molecule has 3 atom stereocenters. The number of allylic oxidation sites excluding steroid dienone is 2. The monoisotopic (exact) mass is 563 g/mol. The summed E-state index contributed by atoms with van der Waals surface area (Å²) in [6, 6.07) is 1.18. The molecule has 1 fully saturated rings. The fourth-order valence-electron chi connectivity index (χ4n) is 4.30. The molecule has 11 heteroatoms. The molecular weight excluding hydrogens is 520 g/mol. The molecule has 0 unspecified atom stereocenters. The van der Waals surface area contributed by atoms with Crippen molar-refractivity contribution in [3.63, 3.8) is 0 Å². The van der Waals surface area contributed by atoms with Crippen molar-refractivity contribution in [2.24, 2.45) is 0 Å². The van der Waals surface area contributed by atoms with Gasteiger partial charge in [0.1, 0.15) is 18.5 Å². The van der Waals surface area contributed by atoms with Crippen molar-refractivity contribution >= 4 is 24.2 Å². The number of carbonyl (C=O) groups excluding carboxylic acids is 1. The number of unbranched alkanes of at least 4 members (excludes halogenated alkanes) is 11. The minimum absolute atomic E-state index is 0. The number of hydrogen-bond acceptors (Lipinski definition) is 7. The Morgan fingerprint density at radius 3 is 2.29 bits per heavy atom. The van der Waals surface area contributed by atoms with Crippen LogP contribution in [0, 0.1) is 0 Å². The summed E-state index contributed by atoms with van der Waals surface area (Å²) in [6.45, 7) is 1.70. The number of carbonyl (C=O) groups is 1. The molecular formula is C27H44ClF2N3O5. The average Bonchev–Trinajstić information content (AvgIpc) is 3.08. The van der Waals surface area contributed by atoms with E-state index >= 15 is 0 Å². The molecule has 8 nitrogen and oxygen atoms in total. The van der Waals surface area contributed by atoms with E-state index in [1.165, 1.54) is 44.6 Å². The maximum Gasteiger partial charge on any atom is 0.351 e. The topological polar surface area (TPSA) is 117 Å². The summed E-state index contributed by atoms with van der Waals surface area (Å²) in [4.78, 5) is 27.3. The molecule has 1 saturated heterocycles. The Bertz CT molecular complexity index is 900. The van der Waals surface area contributed by atoms with Gasteiger partial charge in [-0.05, 0) is 38.2 Å². The van der Waals surface area contributed by atoms with Gasteiger partial charge in [0.25, 0.3) is 0 Å². The molecule has 2 rings (SSSR count). The van der Waals surface area contributed by atoms with Gasteiger partial charge < -0.3 is 20.3 Å². The lowest BCUT2D eigenvalue weighted by molar-refractivity contribution is -0.150. The number of halogens is 3. The quantitative estimate of drug-likeness (QED) is 0.133. The van der Waals surface area contributed by atoms with Gasteiger partial charge in [-0.3, -0.25) is 9.36 Å². The second-order valence-electron chi connectivity index (χ2n) is 9.71. The highest BCUT2D eigenvalue weighted by Gasteiger charge is 2.60. The number of anilines is 1. The summed E-state index contributed by atoms with van der Waals surface area (Å²) in [5, 5.41) is 9.99. The lowest BCUT2D eigenvalue weighted by atomic mass is 10.1. The van der Waals surface area contributed by atoms with Crippen LogP contribution in [-0.4, -0.2) is 45.4 Å². The highest BCUT2D eigenvalue weighted by Crippen LogP contribution is 2.42. The number of aliphatic hydroxyl groups is 1. The van der Waals surface area contributed by atoms with E-state index in [1.54, 1.807) is 0 Å². The molecule has 3 N–H and O–H groups in total. The van der Waals surface area contributed by atoms with Gasteiger partial charge in [-0.1, -0.05) is 70.4 Å². The highest BCUT2D eigenvalue weighted by molar-refractivity contribution is 5.85. The van der Waals surface area contributed by atoms with Gasteiger partial charge in [0.05, 0.1) is 0 Å². The van der Waals surface area contributed by atoms with E-state index in [-0.39, 0.29) is 24.6 Å². The minimum atomic E-state index is -3.78. The number of alkyl halides is 2. The van der Waals surface area contributed by atoms with Crippen LogP contribution >= 0.6 is 12.4 Å². The van der Waals surface area contributed by atoms with Gasteiger partial charge in [-0.15, -0.1) is 12.4 Å². The van der Waals surface area contributed by atoms with E-state index in [0.29, 0.717) is 11.0 Å². The second-order valence-corrected chi connectivity index (χ2v) is 9.71. The molecule has 0 aliphatic carbocycles. The van der Waals surface area contributed by atoms with Crippen LogP contribution in [0.2, 0.25) is 0 Å². The van der Waals surface area contributed by atoms with Crippen LogP contribution in [0.3, 0.4) is 0 Å². The van der Waals surface area contributed by atoms with E-state index in [4.69, 9.17) is 15.2 Å². The molecule has 1 aliphatic rings. The molecule has 0 aromatic carbocycles. The Labute approximate surface area is 230 Å². The van der Waals surface area contributed by atoms with Crippen molar-refractivity contribution in [3.05, 3.63) is 34.9 Å². The number of nitrogens with zero attached hydrogens (tertiary/aromatic N) is 2. The molecule has 2 heterocycles. The van der Waals surface area contributed by atoms with Gasteiger partial charge in [-0.25, -0.2) is 4.79 Å². The largest absolute Gasteiger partial charge is 0.463 e. The molecule has 1 aromatic heterocycles. The lowest BCUT2D eigenvalue weighted by Crippen LogP contribution is -2.42. The van der Waals surface area contributed by atoms with Crippen molar-refractivity contribution in [3.8, 4) is 0 Å². The van der Waals surface area contributed by atoms with Gasteiger partial charge >= 0.3 is 17.6 Å². The van der Waals surface area contributed by atoms with Crippen LogP contribution in [-0.2, 0) is 14.3 Å². The van der Waals surface area contributed by atoms with Crippen LogP contribution in [0.5, 0.6) is 0 Å². The molecule has 1 aromatic rings. The first-order chi connectivity index (χ1) is 17.8. The predicted octanol–water partition coefficient (Wildman–Crippen LogP) is 5.72. The second kappa shape index (κ2) is 18.3. The van der Waals surface area contributed by atoms with Crippen LogP contribution in [0.4, 0.5) is 14.6 Å². The molecule has 0 spiro atoms. The first-order valence-corrected chi connectivity index (χ1v) is 13.6. The molecule has 1 aliphatic heterocycles. The SMILES string of the molecule is CCCCCCCCC=CCCCCCCCC(=O)OC[C@H]1O[C@@H](n2ccc(N)nc2=O)C(F)(F)[C@@H]1O.Cl. The van der Waals surface area contributed by atoms with Crippen molar-refractivity contribution in [2.45, 2.75) is 121 Å². The summed E-state index contributed by atoms with van der Waals surface area (Å²) in [5.41, 5.74) is 4.35. The number of ether oxygens (including phenoxy) is 2. The van der Waals surface area contributed by atoms with Crippen molar-refractivity contribution < 1.29 is 28.2 Å². The first kappa shape index (κ1) is 34.0. The number of esters is 1. The van der Waals surface area contributed by atoms with E-state index in [1.807, 2.05) is 0 Å². The Hall–Kier alpha value is -2.04. The molecule has 0 saturated carbocycles. The zero-order valence-electron chi connectivity index (χ0n) is 22.4. The molecule has 38 heavy (non-hydrogen) atoms. The van der Waals surface area contributed by atoms with E-state index in [0.717, 1.165) is 44.7 Å². The molecule has 0 radical (unpaired) electrons. The number of rotatable bonds is 18. The Balaban J connectivity index is 0.00000722. The van der Waals surface area contributed by atoms with Crippen LogP contribution < -0.4 is 11.4 Å². The van der Waals surface area contributed by atoms with Crippen molar-refractivity contribution in [1.29, 1.82) is 0 Å². The molecule has 0 bridgehead atoms. The Kier molecular flexibility index (Phi) is 16.4. The Morgan fingerprint density at radius 2 is 1.68 bits per heavy atom. The van der Waals surface area contributed by atoms with Crippen LogP contribution in [0.25, 0.3) is 0 Å². The summed E-state index contributed by atoms with van der Waals surface area (Å²) >= 11 is 0. The van der Waals surface area contributed by atoms with E-state index in [2.05, 4.69) is 24.1 Å². The third-order valence-electron chi connectivity index (χ3n) is 6.53. The maximum absolute atomic E-state index is 14.5. The Morgan fingerprint density at radius 1 is 1.11 bits per heavy atom. The van der Waals surface area contributed by atoms with Crippen LogP contribution in [0.1, 0.15) is 103 Å². The fraction of sp³-hybridized carbons (Fsp3) is 0.741. The van der Waals surface area contributed by atoms with E-state index < -0.39 is 42.6 Å². The van der Waals surface area contributed by atoms with Gasteiger partial charge in [0, 0.05) is 12.6 Å². The zero-order valence-corrected chi connectivity index (χ0v) is 23.2. The normalized spacial score (nSPS) is 20.5. The summed E-state index contributed by atoms with van der Waals surface area (Å²) in [7, 11) is 0. The van der Waals surface area contributed by atoms with Gasteiger partial charge in [0.2, 0.25) is 6.23 Å². The van der Waals surface area contributed by atoms with Crippen molar-refractivity contribution in [2.75, 3.05) is 12.3 Å². The fourth-order valence-corrected chi connectivity index (χ4v) is 4.30. The molecule has 0 amide bonds. The van der Waals surface area contributed by atoms with Gasteiger partial charge in [0.15, 0.2) is 6.10 Å². The highest BCUT2D eigenvalue weighted by atomic mass is 35.5. The minimum Gasteiger partial charge on any atom is -0.463 e. The average molecular weight is 564 g/mol.